The zero-order valence-electron chi connectivity index (χ0n) is 11.2. The standard InChI is InChI=1S/C16H22O/c1-15(2)8-9-16(3,4)14-11-12(7-10-17)5-6-13(14)15/h5-6,8-9,11,17H,7,10H2,1-4H3. The number of rotatable bonds is 2. The van der Waals surface area contributed by atoms with Gasteiger partial charge in [-0.2, -0.15) is 0 Å². The number of fused-ring (bicyclic) bond motifs is 1. The molecule has 1 aromatic rings. The summed E-state index contributed by atoms with van der Waals surface area (Å²) in [5.41, 5.74) is 4.24. The molecule has 0 fully saturated rings. The number of hydrogen-bond donors (Lipinski definition) is 1. The van der Waals surface area contributed by atoms with Crippen molar-refractivity contribution in [1.82, 2.24) is 0 Å². The van der Waals surface area contributed by atoms with Gasteiger partial charge in [0.1, 0.15) is 0 Å². The number of aliphatic hydroxyl groups excluding tert-OH is 1. The fourth-order valence-electron chi connectivity index (χ4n) is 2.57. The summed E-state index contributed by atoms with van der Waals surface area (Å²) < 4.78 is 0. The first-order valence-electron chi connectivity index (χ1n) is 6.32. The molecular formula is C16H22O. The van der Waals surface area contributed by atoms with E-state index in [1.807, 2.05) is 0 Å². The average Bonchev–Trinajstić information content (AvgIpc) is 2.26. The summed E-state index contributed by atoms with van der Waals surface area (Å²) in [7, 11) is 0. The maximum atomic E-state index is 9.04. The lowest BCUT2D eigenvalue weighted by Gasteiger charge is -2.37. The van der Waals surface area contributed by atoms with Gasteiger partial charge in [0.15, 0.2) is 0 Å². The summed E-state index contributed by atoms with van der Waals surface area (Å²) in [5, 5.41) is 9.04. The van der Waals surface area contributed by atoms with E-state index in [2.05, 4.69) is 58.0 Å². The Balaban J connectivity index is 2.56. The van der Waals surface area contributed by atoms with Crippen molar-refractivity contribution in [1.29, 1.82) is 0 Å². The first-order valence-corrected chi connectivity index (χ1v) is 6.32. The van der Waals surface area contributed by atoms with Crippen LogP contribution in [0.2, 0.25) is 0 Å². The van der Waals surface area contributed by atoms with Gasteiger partial charge in [-0.1, -0.05) is 58.0 Å². The van der Waals surface area contributed by atoms with E-state index in [1.165, 1.54) is 16.7 Å². The lowest BCUT2D eigenvalue weighted by molar-refractivity contribution is 0.299. The lowest BCUT2D eigenvalue weighted by atomic mass is 9.67. The molecule has 0 saturated heterocycles. The third-order valence-corrected chi connectivity index (χ3v) is 3.79. The van der Waals surface area contributed by atoms with Crippen LogP contribution in [0.15, 0.2) is 30.4 Å². The van der Waals surface area contributed by atoms with E-state index < -0.39 is 0 Å². The minimum atomic E-state index is 0.0936. The second kappa shape index (κ2) is 3.99. The highest BCUT2D eigenvalue weighted by Crippen LogP contribution is 2.41. The van der Waals surface area contributed by atoms with E-state index in [0.29, 0.717) is 0 Å². The molecule has 0 aromatic heterocycles. The Morgan fingerprint density at radius 2 is 1.53 bits per heavy atom. The Morgan fingerprint density at radius 1 is 0.941 bits per heavy atom. The average molecular weight is 230 g/mol. The molecule has 0 aliphatic heterocycles. The van der Waals surface area contributed by atoms with Crippen molar-refractivity contribution in [3.63, 3.8) is 0 Å². The number of benzene rings is 1. The molecule has 0 bridgehead atoms. The molecule has 0 atom stereocenters. The van der Waals surface area contributed by atoms with Crippen LogP contribution in [-0.4, -0.2) is 11.7 Å². The Morgan fingerprint density at radius 3 is 2.12 bits per heavy atom. The summed E-state index contributed by atoms with van der Waals surface area (Å²) in [4.78, 5) is 0. The summed E-state index contributed by atoms with van der Waals surface area (Å²) in [6.07, 6.45) is 5.35. The number of hydrogen-bond acceptors (Lipinski definition) is 1. The number of aliphatic hydroxyl groups is 1. The van der Waals surface area contributed by atoms with Crippen LogP contribution in [0.5, 0.6) is 0 Å². The van der Waals surface area contributed by atoms with Crippen LogP contribution in [-0.2, 0) is 17.3 Å². The molecule has 1 N–H and O–H groups in total. The highest BCUT2D eigenvalue weighted by atomic mass is 16.2. The van der Waals surface area contributed by atoms with Crippen LogP contribution in [0, 0.1) is 0 Å². The predicted octanol–water partition coefficient (Wildman–Crippen LogP) is 3.35. The fourth-order valence-corrected chi connectivity index (χ4v) is 2.57. The van der Waals surface area contributed by atoms with Crippen LogP contribution >= 0.6 is 0 Å². The van der Waals surface area contributed by atoms with Crippen LogP contribution in [0.3, 0.4) is 0 Å². The van der Waals surface area contributed by atoms with Gasteiger partial charge >= 0.3 is 0 Å². The molecule has 0 radical (unpaired) electrons. The normalized spacial score (nSPS) is 20.1. The smallest absolute Gasteiger partial charge is 0.0471 e. The molecule has 1 aliphatic rings. The van der Waals surface area contributed by atoms with Gasteiger partial charge in [-0.05, 0) is 23.1 Å². The van der Waals surface area contributed by atoms with Crippen LogP contribution in [0.1, 0.15) is 44.4 Å². The van der Waals surface area contributed by atoms with E-state index in [0.717, 1.165) is 6.42 Å². The van der Waals surface area contributed by atoms with Crippen molar-refractivity contribution < 1.29 is 5.11 Å². The third kappa shape index (κ3) is 2.16. The second-order valence-corrected chi connectivity index (χ2v) is 6.13. The van der Waals surface area contributed by atoms with E-state index in [9.17, 15) is 0 Å². The molecule has 1 nitrogen and oxygen atoms in total. The highest BCUT2D eigenvalue weighted by Gasteiger charge is 2.32. The van der Waals surface area contributed by atoms with Gasteiger partial charge in [-0.25, -0.2) is 0 Å². The Kier molecular flexibility index (Phi) is 2.90. The van der Waals surface area contributed by atoms with Gasteiger partial charge in [0, 0.05) is 17.4 Å². The molecule has 1 heteroatoms. The first-order chi connectivity index (χ1) is 7.87. The highest BCUT2D eigenvalue weighted by molar-refractivity contribution is 5.49. The summed E-state index contributed by atoms with van der Waals surface area (Å²) in [5.74, 6) is 0. The van der Waals surface area contributed by atoms with Gasteiger partial charge in [0.05, 0.1) is 0 Å². The quantitative estimate of drug-likeness (QED) is 0.773. The van der Waals surface area contributed by atoms with Crippen molar-refractivity contribution in [3.05, 3.63) is 47.0 Å². The van der Waals surface area contributed by atoms with E-state index in [1.54, 1.807) is 0 Å². The molecule has 0 amide bonds. The molecule has 0 spiro atoms. The molecule has 1 aromatic carbocycles. The van der Waals surface area contributed by atoms with Crippen molar-refractivity contribution in [2.24, 2.45) is 0 Å². The fraction of sp³-hybridized carbons (Fsp3) is 0.500. The summed E-state index contributed by atoms with van der Waals surface area (Å²) >= 11 is 0. The predicted molar refractivity (Wildman–Crippen MR) is 72.4 cm³/mol. The van der Waals surface area contributed by atoms with Crippen LogP contribution in [0.25, 0.3) is 0 Å². The molecule has 0 saturated carbocycles. The van der Waals surface area contributed by atoms with Gasteiger partial charge in [0.25, 0.3) is 0 Å². The topological polar surface area (TPSA) is 20.2 Å². The van der Waals surface area contributed by atoms with Gasteiger partial charge in [0.2, 0.25) is 0 Å². The largest absolute Gasteiger partial charge is 0.396 e. The summed E-state index contributed by atoms with van der Waals surface area (Å²) in [6, 6.07) is 6.63. The second-order valence-electron chi connectivity index (χ2n) is 6.13. The monoisotopic (exact) mass is 230 g/mol. The maximum absolute atomic E-state index is 9.04. The van der Waals surface area contributed by atoms with Crippen molar-refractivity contribution in [2.75, 3.05) is 6.61 Å². The molecule has 2 rings (SSSR count). The zero-order chi connectivity index (χ0) is 12.7. The van der Waals surface area contributed by atoms with E-state index >= 15 is 0 Å². The zero-order valence-corrected chi connectivity index (χ0v) is 11.2. The van der Waals surface area contributed by atoms with Gasteiger partial charge < -0.3 is 5.11 Å². The van der Waals surface area contributed by atoms with Crippen molar-refractivity contribution in [2.45, 2.75) is 44.9 Å². The van der Waals surface area contributed by atoms with E-state index in [4.69, 9.17) is 5.11 Å². The molecule has 0 unspecified atom stereocenters. The SMILES string of the molecule is CC1(C)C=CC(C)(C)c2cc(CCO)ccc21. The van der Waals surface area contributed by atoms with Crippen LogP contribution in [0.4, 0.5) is 0 Å². The van der Waals surface area contributed by atoms with Crippen molar-refractivity contribution >= 4 is 0 Å². The molecule has 0 heterocycles. The molecule has 92 valence electrons. The Labute approximate surface area is 104 Å². The molecule has 17 heavy (non-hydrogen) atoms. The van der Waals surface area contributed by atoms with Gasteiger partial charge in [-0.3, -0.25) is 0 Å². The third-order valence-electron chi connectivity index (χ3n) is 3.79. The first kappa shape index (κ1) is 12.4. The lowest BCUT2D eigenvalue weighted by Crippen LogP contribution is -2.29. The van der Waals surface area contributed by atoms with Crippen LogP contribution < -0.4 is 0 Å². The van der Waals surface area contributed by atoms with E-state index in [-0.39, 0.29) is 17.4 Å². The summed E-state index contributed by atoms with van der Waals surface area (Å²) in [6.45, 7) is 9.23. The number of allylic oxidation sites excluding steroid dienone is 2. The Bertz CT molecular complexity index is 453. The van der Waals surface area contributed by atoms with Gasteiger partial charge in [-0.15, -0.1) is 0 Å². The van der Waals surface area contributed by atoms with Crippen molar-refractivity contribution in [3.8, 4) is 0 Å². The minimum absolute atomic E-state index is 0.0936. The maximum Gasteiger partial charge on any atom is 0.0471 e. The minimum Gasteiger partial charge on any atom is -0.396 e. The Hall–Kier alpha value is -1.08. The molecular weight excluding hydrogens is 208 g/mol. The molecule has 1 aliphatic carbocycles.